The van der Waals surface area contributed by atoms with Crippen LogP contribution in [0.25, 0.3) is 0 Å². The van der Waals surface area contributed by atoms with Crippen LogP contribution in [0, 0.1) is 0 Å². The average Bonchev–Trinajstić information content (AvgIpc) is 2.04. The van der Waals surface area contributed by atoms with Gasteiger partial charge >= 0.3 is 59.1 Å². The zero-order valence-corrected chi connectivity index (χ0v) is 14.0. The van der Waals surface area contributed by atoms with E-state index in [2.05, 4.69) is 0 Å². The van der Waals surface area contributed by atoms with Crippen molar-refractivity contribution in [2.24, 2.45) is 0 Å². The first-order chi connectivity index (χ1) is 6.13. The molecule has 0 saturated heterocycles. The van der Waals surface area contributed by atoms with Crippen LogP contribution in [-0.4, -0.2) is 17.5 Å². The molecule has 4 nitrogen and oxygen atoms in total. The van der Waals surface area contributed by atoms with Gasteiger partial charge in [-0.15, -0.1) is 0 Å². The van der Waals surface area contributed by atoms with Crippen LogP contribution in [0.2, 0.25) is 0 Å². The van der Waals surface area contributed by atoms with Crippen molar-refractivity contribution in [1.29, 1.82) is 0 Å². The maximum Gasteiger partial charge on any atom is 1.00 e. The van der Waals surface area contributed by atoms with Crippen LogP contribution in [-0.2, 0) is 22.2 Å². The Balaban J connectivity index is 0. The monoisotopic (exact) mass is 264 g/mol. The van der Waals surface area contributed by atoms with Crippen LogP contribution in [0.5, 0.6) is 0 Å². The minimum absolute atomic E-state index is 0. The molecule has 15 heavy (non-hydrogen) atoms. The van der Waals surface area contributed by atoms with E-state index in [1.165, 1.54) is 12.1 Å². The molecule has 0 aliphatic heterocycles. The second-order valence-electron chi connectivity index (χ2n) is 2.26. The van der Waals surface area contributed by atoms with Gasteiger partial charge < -0.3 is 9.11 Å². The van der Waals surface area contributed by atoms with E-state index in [4.69, 9.17) is 0 Å². The van der Waals surface area contributed by atoms with E-state index in [0.717, 1.165) is 0 Å². The van der Waals surface area contributed by atoms with Gasteiger partial charge in [-0.2, -0.15) is 0 Å². The van der Waals surface area contributed by atoms with Gasteiger partial charge in [0.05, 0.1) is 0 Å². The van der Waals surface area contributed by atoms with E-state index in [-0.39, 0.29) is 64.7 Å². The normalized spacial score (nSPS) is 15.3. The molecule has 0 aromatic heterocycles. The summed E-state index contributed by atoms with van der Waals surface area (Å²) < 4.78 is 40.7. The molecular weight excluding hydrogens is 258 g/mol. The molecule has 0 radical (unpaired) electrons. The Kier molecular flexibility index (Phi) is 11.9. The smallest absolute Gasteiger partial charge is 0.771 e. The minimum atomic E-state index is -2.65. The SMILES string of the molecule is O=S([O-])C(c1ccccc1)S(=O)[O-].[Na+].[Na+]. The van der Waals surface area contributed by atoms with Gasteiger partial charge in [-0.25, -0.2) is 0 Å². The van der Waals surface area contributed by atoms with E-state index < -0.39 is 26.7 Å². The van der Waals surface area contributed by atoms with Crippen LogP contribution < -0.4 is 59.1 Å². The Bertz CT molecular complexity index is 319. The molecule has 1 aromatic carbocycles. The summed E-state index contributed by atoms with van der Waals surface area (Å²) in [5.74, 6) is 0. The second-order valence-corrected chi connectivity index (χ2v) is 4.55. The molecule has 72 valence electrons. The van der Waals surface area contributed by atoms with Gasteiger partial charge in [-0.1, -0.05) is 30.3 Å². The van der Waals surface area contributed by atoms with Gasteiger partial charge in [-0.05, 0) is 27.7 Å². The van der Waals surface area contributed by atoms with Gasteiger partial charge in [0.15, 0.2) is 0 Å². The van der Waals surface area contributed by atoms with Crippen molar-refractivity contribution in [3.63, 3.8) is 0 Å². The quantitative estimate of drug-likeness (QED) is 0.403. The van der Waals surface area contributed by atoms with E-state index in [1.807, 2.05) is 0 Å². The summed E-state index contributed by atoms with van der Waals surface area (Å²) in [6, 6.07) is 7.76. The van der Waals surface area contributed by atoms with Crippen molar-refractivity contribution in [3.8, 4) is 0 Å². The predicted octanol–water partition coefficient (Wildman–Crippen LogP) is -5.55. The summed E-state index contributed by atoms with van der Waals surface area (Å²) >= 11 is -5.29. The molecule has 1 aromatic rings. The Labute approximate surface area is 137 Å². The van der Waals surface area contributed by atoms with E-state index in [0.29, 0.717) is 0 Å². The first-order valence-electron chi connectivity index (χ1n) is 3.34. The minimum Gasteiger partial charge on any atom is -0.771 e. The number of rotatable bonds is 3. The molecular formula is C7H6Na2O4S2. The van der Waals surface area contributed by atoms with E-state index in [9.17, 15) is 17.5 Å². The van der Waals surface area contributed by atoms with Crippen LogP contribution >= 0.6 is 0 Å². The first kappa shape index (κ1) is 18.8. The topological polar surface area (TPSA) is 80.3 Å². The average molecular weight is 264 g/mol. The molecule has 0 aliphatic carbocycles. The van der Waals surface area contributed by atoms with Crippen molar-refractivity contribution in [2.75, 3.05) is 0 Å². The summed E-state index contributed by atoms with van der Waals surface area (Å²) in [4.78, 5) is 0. The zero-order valence-electron chi connectivity index (χ0n) is 8.41. The van der Waals surface area contributed by atoms with Crippen molar-refractivity contribution in [1.82, 2.24) is 0 Å². The molecule has 0 spiro atoms. The fourth-order valence-electron chi connectivity index (χ4n) is 0.897. The molecule has 0 N–H and O–H groups in total. The Hall–Kier alpha value is 1.44. The molecule has 0 fully saturated rings. The third-order valence-electron chi connectivity index (χ3n) is 1.42. The molecule has 0 aliphatic rings. The van der Waals surface area contributed by atoms with Gasteiger partial charge in [-0.3, -0.25) is 8.42 Å². The molecule has 8 heteroatoms. The first-order valence-corrected chi connectivity index (χ1v) is 5.61. The molecule has 0 bridgehead atoms. The summed E-state index contributed by atoms with van der Waals surface area (Å²) in [6.07, 6.45) is 0. The van der Waals surface area contributed by atoms with Gasteiger partial charge in [0.1, 0.15) is 4.58 Å². The molecule has 1 rings (SSSR count). The third kappa shape index (κ3) is 6.07. The second kappa shape index (κ2) is 9.47. The Morgan fingerprint density at radius 1 is 0.933 bits per heavy atom. The Morgan fingerprint density at radius 2 is 1.33 bits per heavy atom. The molecule has 0 saturated carbocycles. The summed E-state index contributed by atoms with van der Waals surface area (Å²) in [5, 5.41) is 0. The predicted molar refractivity (Wildman–Crippen MR) is 47.0 cm³/mol. The zero-order chi connectivity index (χ0) is 9.84. The maximum absolute atomic E-state index is 10.5. The molecule has 0 heterocycles. The summed E-state index contributed by atoms with van der Waals surface area (Å²) in [7, 11) is 0. The maximum atomic E-state index is 10.5. The van der Waals surface area contributed by atoms with Crippen LogP contribution in [0.1, 0.15) is 10.1 Å². The summed E-state index contributed by atoms with van der Waals surface area (Å²) in [5.41, 5.74) is 0.254. The third-order valence-corrected chi connectivity index (χ3v) is 3.61. The van der Waals surface area contributed by atoms with Crippen molar-refractivity contribution >= 4 is 22.2 Å². The van der Waals surface area contributed by atoms with Crippen molar-refractivity contribution < 1.29 is 76.6 Å². The number of hydrogen-bond acceptors (Lipinski definition) is 4. The molecule has 2 atom stereocenters. The van der Waals surface area contributed by atoms with Crippen molar-refractivity contribution in [2.45, 2.75) is 4.58 Å². The summed E-state index contributed by atoms with van der Waals surface area (Å²) in [6.45, 7) is 0. The van der Waals surface area contributed by atoms with Crippen molar-refractivity contribution in [3.05, 3.63) is 35.9 Å². The van der Waals surface area contributed by atoms with Gasteiger partial charge in [0.2, 0.25) is 0 Å². The molecule has 2 unspecified atom stereocenters. The standard InChI is InChI=1S/C7H8O4S2.2Na/c8-12(9)7(13(10)11)6-4-2-1-3-5-6;;/h1-5,7H,(H,8,9)(H,10,11);;/q;2*+1/p-2. The number of benzene rings is 1. The largest absolute Gasteiger partial charge is 1.00 e. The Morgan fingerprint density at radius 3 is 1.67 bits per heavy atom. The van der Waals surface area contributed by atoms with Gasteiger partial charge in [0.25, 0.3) is 0 Å². The number of hydrogen-bond donors (Lipinski definition) is 0. The fourth-order valence-corrected chi connectivity index (χ4v) is 2.17. The van der Waals surface area contributed by atoms with Crippen LogP contribution in [0.15, 0.2) is 30.3 Å². The fraction of sp³-hybridized carbons (Fsp3) is 0.143. The van der Waals surface area contributed by atoms with E-state index in [1.54, 1.807) is 18.2 Å². The molecule has 0 amide bonds. The van der Waals surface area contributed by atoms with Crippen LogP contribution in [0.4, 0.5) is 0 Å². The van der Waals surface area contributed by atoms with Gasteiger partial charge in [0, 0.05) is 0 Å². The van der Waals surface area contributed by atoms with Crippen LogP contribution in [0.3, 0.4) is 0 Å². The van der Waals surface area contributed by atoms with E-state index >= 15 is 0 Å².